The van der Waals surface area contributed by atoms with Crippen LogP contribution in [-0.4, -0.2) is 64.2 Å². The van der Waals surface area contributed by atoms with E-state index in [0.29, 0.717) is 19.5 Å². The van der Waals surface area contributed by atoms with E-state index in [1.165, 1.54) is 0 Å². The molecular formula is C36H41N3O6. The van der Waals surface area contributed by atoms with Crippen molar-refractivity contribution in [2.75, 3.05) is 29.5 Å². The maximum atomic E-state index is 14.6. The highest BCUT2D eigenvalue weighted by molar-refractivity contribution is 6.07. The van der Waals surface area contributed by atoms with Crippen LogP contribution < -0.4 is 9.80 Å². The average molecular weight is 612 g/mol. The number of hydrogen-bond acceptors (Lipinski definition) is 6. The van der Waals surface area contributed by atoms with Gasteiger partial charge in [0.05, 0.1) is 37.0 Å². The Morgan fingerprint density at radius 3 is 2.40 bits per heavy atom. The van der Waals surface area contributed by atoms with Crippen molar-refractivity contribution >= 4 is 29.1 Å². The Bertz CT molecular complexity index is 1590. The lowest BCUT2D eigenvalue weighted by molar-refractivity contribution is -0.150. The molecule has 236 valence electrons. The van der Waals surface area contributed by atoms with Crippen LogP contribution in [0.2, 0.25) is 0 Å². The van der Waals surface area contributed by atoms with E-state index < -0.39 is 29.1 Å². The molecule has 0 unspecified atom stereocenters. The van der Waals surface area contributed by atoms with Gasteiger partial charge in [-0.15, -0.1) is 0 Å². The van der Waals surface area contributed by atoms with Gasteiger partial charge in [-0.25, -0.2) is 0 Å². The van der Waals surface area contributed by atoms with Gasteiger partial charge in [0.2, 0.25) is 11.8 Å². The molecule has 0 aromatic heterocycles. The molecule has 3 aromatic rings. The topological polar surface area (TPSA) is 111 Å². The molecule has 2 N–H and O–H groups in total. The fourth-order valence-corrected chi connectivity index (χ4v) is 7.50. The summed E-state index contributed by atoms with van der Waals surface area (Å²) in [5.41, 5.74) is 1.43. The van der Waals surface area contributed by atoms with E-state index in [9.17, 15) is 24.6 Å². The molecule has 3 aliphatic heterocycles. The number of benzene rings is 3. The molecular weight excluding hydrogens is 570 g/mol. The smallest absolute Gasteiger partial charge is 0.264 e. The number of para-hydroxylation sites is 1. The van der Waals surface area contributed by atoms with E-state index >= 15 is 0 Å². The van der Waals surface area contributed by atoms with E-state index in [2.05, 4.69) is 0 Å². The predicted molar refractivity (Wildman–Crippen MR) is 170 cm³/mol. The van der Waals surface area contributed by atoms with Gasteiger partial charge in [-0.05, 0) is 43.2 Å². The molecule has 9 heteroatoms. The summed E-state index contributed by atoms with van der Waals surface area (Å²) in [5, 5.41) is 21.2. The Morgan fingerprint density at radius 1 is 1.02 bits per heavy atom. The Kier molecular flexibility index (Phi) is 8.28. The first-order chi connectivity index (χ1) is 21.5. The van der Waals surface area contributed by atoms with Crippen LogP contribution in [0.1, 0.15) is 50.3 Å². The molecule has 2 fully saturated rings. The third-order valence-electron chi connectivity index (χ3n) is 9.62. The Balaban J connectivity index is 1.31. The largest absolute Gasteiger partial charge is 0.395 e. The van der Waals surface area contributed by atoms with Gasteiger partial charge in [0.25, 0.3) is 5.91 Å². The van der Waals surface area contributed by atoms with Crippen LogP contribution in [0, 0.1) is 11.8 Å². The summed E-state index contributed by atoms with van der Waals surface area (Å²) < 4.78 is 6.81. The normalized spacial score (nSPS) is 24.2. The van der Waals surface area contributed by atoms with E-state index in [1.54, 1.807) is 28.5 Å². The van der Waals surface area contributed by atoms with Crippen LogP contribution in [0.15, 0.2) is 78.9 Å². The highest BCUT2D eigenvalue weighted by Gasteiger charge is 2.66. The van der Waals surface area contributed by atoms with Gasteiger partial charge in [0, 0.05) is 49.1 Å². The van der Waals surface area contributed by atoms with Gasteiger partial charge < -0.3 is 29.6 Å². The van der Waals surface area contributed by atoms with Gasteiger partial charge in [-0.2, -0.15) is 0 Å². The lowest BCUT2D eigenvalue weighted by Crippen LogP contribution is -2.46. The lowest BCUT2D eigenvalue weighted by Gasteiger charge is -2.34. The maximum absolute atomic E-state index is 14.6. The number of hydrogen-bond donors (Lipinski definition) is 2. The highest BCUT2D eigenvalue weighted by Crippen LogP contribution is 2.58. The number of anilines is 2. The Hall–Kier alpha value is -4.05. The predicted octanol–water partition coefficient (Wildman–Crippen LogP) is 4.00. The second kappa shape index (κ2) is 12.0. The van der Waals surface area contributed by atoms with E-state index in [0.717, 1.165) is 28.1 Å². The third-order valence-corrected chi connectivity index (χ3v) is 9.62. The van der Waals surface area contributed by atoms with Crippen molar-refractivity contribution in [2.24, 2.45) is 11.8 Å². The zero-order chi connectivity index (χ0) is 31.9. The van der Waals surface area contributed by atoms with Crippen molar-refractivity contribution in [3.05, 3.63) is 95.6 Å². The zero-order valence-corrected chi connectivity index (χ0v) is 26.1. The summed E-state index contributed by atoms with van der Waals surface area (Å²) in [6.45, 7) is 6.60. The molecule has 0 aliphatic carbocycles. The molecule has 3 amide bonds. The fraction of sp³-hybridized carbons (Fsp3) is 0.417. The number of ether oxygens (including phenoxy) is 1. The van der Waals surface area contributed by atoms with Crippen molar-refractivity contribution in [3.63, 3.8) is 0 Å². The standard InChI is InChI=1S/C36H41N3O6/c1-24-33(35(2,3)44)30(21-32(42)37(18-19-40)22-25-10-5-4-6-11-25)45-36(24)28-14-7-8-15-29(28)39(34(36)43)23-26-12-9-13-27(20-26)38-17-16-31(38)41/h4-15,20,24,30,33,40,44H,16-19,21-23H2,1-3H3/t24-,30+,33-,36+/m0/s1. The minimum absolute atomic E-state index is 0.0467. The summed E-state index contributed by atoms with van der Waals surface area (Å²) in [6, 6.07) is 24.8. The SMILES string of the molecule is C[C@H]1[C@H](C(C)(C)O)[C@@H](CC(=O)N(CCO)Cc2ccccc2)O[C@]12C(=O)N(Cc1cccc(N3CCC3=O)c1)c1ccccc12. The lowest BCUT2D eigenvalue weighted by atomic mass is 9.71. The Labute approximate surface area is 264 Å². The molecule has 2 saturated heterocycles. The molecule has 0 saturated carbocycles. The number of aliphatic hydroxyl groups is 2. The minimum atomic E-state index is -1.39. The van der Waals surface area contributed by atoms with Gasteiger partial charge in [-0.3, -0.25) is 14.4 Å². The highest BCUT2D eigenvalue weighted by atomic mass is 16.5. The van der Waals surface area contributed by atoms with Gasteiger partial charge in [0.15, 0.2) is 5.60 Å². The number of carbonyl (C=O) groups is 3. The number of fused-ring (bicyclic) bond motifs is 2. The van der Waals surface area contributed by atoms with Gasteiger partial charge >= 0.3 is 0 Å². The van der Waals surface area contributed by atoms with Crippen molar-refractivity contribution in [1.29, 1.82) is 0 Å². The van der Waals surface area contributed by atoms with Crippen LogP contribution in [0.5, 0.6) is 0 Å². The van der Waals surface area contributed by atoms with Gasteiger partial charge in [-0.1, -0.05) is 67.6 Å². The van der Waals surface area contributed by atoms with Gasteiger partial charge in [0.1, 0.15) is 0 Å². The van der Waals surface area contributed by atoms with Crippen molar-refractivity contribution < 1.29 is 29.3 Å². The number of carbonyl (C=O) groups excluding carboxylic acids is 3. The maximum Gasteiger partial charge on any atom is 0.264 e. The first-order valence-electron chi connectivity index (χ1n) is 15.7. The van der Waals surface area contributed by atoms with Crippen LogP contribution in [0.4, 0.5) is 11.4 Å². The summed E-state index contributed by atoms with van der Waals surface area (Å²) in [7, 11) is 0. The number of aliphatic hydroxyl groups excluding tert-OH is 1. The van der Waals surface area contributed by atoms with Crippen molar-refractivity contribution in [1.82, 2.24) is 4.90 Å². The van der Waals surface area contributed by atoms with Crippen LogP contribution in [0.25, 0.3) is 0 Å². The number of β-lactam (4-membered cyclic amide) rings is 1. The fourth-order valence-electron chi connectivity index (χ4n) is 7.50. The molecule has 3 aromatic carbocycles. The van der Waals surface area contributed by atoms with Crippen LogP contribution in [-0.2, 0) is 37.8 Å². The first kappa shape index (κ1) is 31.0. The van der Waals surface area contributed by atoms with Crippen molar-refractivity contribution in [3.8, 4) is 0 Å². The molecule has 3 aliphatic rings. The second-order valence-electron chi connectivity index (χ2n) is 13.0. The molecule has 0 radical (unpaired) electrons. The number of nitrogens with zero attached hydrogens (tertiary/aromatic N) is 3. The summed E-state index contributed by atoms with van der Waals surface area (Å²) in [4.78, 5) is 45.6. The van der Waals surface area contributed by atoms with E-state index in [1.807, 2.05) is 85.8 Å². The third kappa shape index (κ3) is 5.54. The molecule has 3 heterocycles. The first-order valence-corrected chi connectivity index (χ1v) is 15.7. The Morgan fingerprint density at radius 2 is 1.73 bits per heavy atom. The molecule has 0 bridgehead atoms. The van der Waals surface area contributed by atoms with E-state index in [4.69, 9.17) is 4.74 Å². The number of amides is 3. The van der Waals surface area contributed by atoms with Crippen molar-refractivity contribution in [2.45, 2.75) is 64.0 Å². The number of rotatable bonds is 10. The monoisotopic (exact) mass is 611 g/mol. The quantitative estimate of drug-likeness (QED) is 0.336. The summed E-state index contributed by atoms with van der Waals surface area (Å²) >= 11 is 0. The molecule has 1 spiro atoms. The summed E-state index contributed by atoms with van der Waals surface area (Å²) in [6.07, 6.45) is -0.257. The molecule has 45 heavy (non-hydrogen) atoms. The second-order valence-corrected chi connectivity index (χ2v) is 13.0. The summed E-state index contributed by atoms with van der Waals surface area (Å²) in [5.74, 6) is -1.36. The average Bonchev–Trinajstić information content (AvgIpc) is 3.43. The van der Waals surface area contributed by atoms with Crippen LogP contribution in [0.3, 0.4) is 0 Å². The zero-order valence-electron chi connectivity index (χ0n) is 26.1. The minimum Gasteiger partial charge on any atom is -0.395 e. The van der Waals surface area contributed by atoms with Crippen LogP contribution >= 0.6 is 0 Å². The molecule has 9 nitrogen and oxygen atoms in total. The molecule has 6 rings (SSSR count). The van der Waals surface area contributed by atoms with E-state index in [-0.39, 0.29) is 43.8 Å². The molecule has 4 atom stereocenters.